The third kappa shape index (κ3) is 3.51. The Bertz CT molecular complexity index is 592. The highest BCUT2D eigenvalue weighted by atomic mass is 32.2. The number of primary sulfonamides is 1. The fraction of sp³-hybridized carbons (Fsp3) is 0.500. The summed E-state index contributed by atoms with van der Waals surface area (Å²) in [6.07, 6.45) is 0.200. The van der Waals surface area contributed by atoms with E-state index in [2.05, 4.69) is 4.98 Å². The molecule has 0 aromatic carbocycles. The maximum atomic E-state index is 11.9. The lowest BCUT2D eigenvalue weighted by atomic mass is 10.1. The van der Waals surface area contributed by atoms with Crippen LogP contribution in [0.3, 0.4) is 0 Å². The highest BCUT2D eigenvalue weighted by Crippen LogP contribution is 2.25. The minimum Gasteiger partial charge on any atom is -0.296 e. The molecule has 2 heterocycles. The molecule has 2 rings (SSSR count). The molecule has 0 bridgehead atoms. The average Bonchev–Trinajstić information content (AvgIpc) is 2.54. The normalized spacial score (nSPS) is 20.1. The Hall–Kier alpha value is -1.47. The van der Waals surface area contributed by atoms with Gasteiger partial charge in [0.25, 0.3) is 0 Å². The molecule has 1 fully saturated rings. The lowest BCUT2D eigenvalue weighted by molar-refractivity contribution is -0.117. The second-order valence-electron chi connectivity index (χ2n) is 5.05. The fourth-order valence-corrected chi connectivity index (χ4v) is 3.28. The van der Waals surface area contributed by atoms with E-state index < -0.39 is 10.0 Å². The Morgan fingerprint density at radius 2 is 2.11 bits per heavy atom. The molecule has 1 aliphatic rings. The molecule has 7 heteroatoms. The van der Waals surface area contributed by atoms with Crippen molar-refractivity contribution in [1.29, 1.82) is 0 Å². The van der Waals surface area contributed by atoms with E-state index in [-0.39, 0.29) is 24.0 Å². The lowest BCUT2D eigenvalue weighted by Gasteiger charge is -2.16. The van der Waals surface area contributed by atoms with Gasteiger partial charge in [-0.05, 0) is 31.5 Å². The molecule has 1 amide bonds. The smallest absolute Gasteiger partial charge is 0.228 e. The van der Waals surface area contributed by atoms with Crippen molar-refractivity contribution < 1.29 is 13.2 Å². The molecular formula is C12H17N3O3S. The zero-order valence-corrected chi connectivity index (χ0v) is 11.8. The fourth-order valence-electron chi connectivity index (χ4n) is 2.40. The van der Waals surface area contributed by atoms with E-state index >= 15 is 0 Å². The van der Waals surface area contributed by atoms with Crippen molar-refractivity contribution in [2.45, 2.75) is 20.3 Å². The number of sulfonamides is 1. The number of hydrogen-bond donors (Lipinski definition) is 1. The Labute approximate surface area is 112 Å². The van der Waals surface area contributed by atoms with E-state index in [4.69, 9.17) is 5.14 Å². The first-order valence-corrected chi connectivity index (χ1v) is 7.72. The first kappa shape index (κ1) is 14.0. The summed E-state index contributed by atoms with van der Waals surface area (Å²) in [7, 11) is -3.55. The number of aromatic nitrogens is 1. The number of aryl methyl sites for hydroxylation is 2. The van der Waals surface area contributed by atoms with Gasteiger partial charge in [0.2, 0.25) is 15.9 Å². The molecular weight excluding hydrogens is 266 g/mol. The van der Waals surface area contributed by atoms with Crippen molar-refractivity contribution in [1.82, 2.24) is 4.98 Å². The summed E-state index contributed by atoms with van der Waals surface area (Å²) in [5, 5.41) is 5.02. The molecule has 1 saturated heterocycles. The Kier molecular flexibility index (Phi) is 3.60. The zero-order valence-electron chi connectivity index (χ0n) is 11.0. The molecule has 6 nitrogen and oxygen atoms in total. The summed E-state index contributed by atoms with van der Waals surface area (Å²) < 4.78 is 22.2. The van der Waals surface area contributed by atoms with Crippen LogP contribution in [-0.2, 0) is 14.8 Å². The van der Waals surface area contributed by atoms with Crippen LogP contribution >= 0.6 is 0 Å². The number of anilines is 1. The molecule has 1 unspecified atom stereocenters. The van der Waals surface area contributed by atoms with Crippen molar-refractivity contribution >= 4 is 21.7 Å². The summed E-state index contributed by atoms with van der Waals surface area (Å²) >= 11 is 0. The number of hydrogen-bond acceptors (Lipinski definition) is 4. The highest BCUT2D eigenvalue weighted by Gasteiger charge is 2.33. The SMILES string of the molecule is Cc1cc(C)nc(N2CC(CS(N)(=O)=O)CC2=O)c1. The van der Waals surface area contributed by atoms with Gasteiger partial charge in [0.1, 0.15) is 5.82 Å². The summed E-state index contributed by atoms with van der Waals surface area (Å²) in [6, 6.07) is 3.75. The van der Waals surface area contributed by atoms with Gasteiger partial charge in [-0.2, -0.15) is 0 Å². The molecule has 2 N–H and O–H groups in total. The number of nitrogens with two attached hydrogens (primary N) is 1. The summed E-state index contributed by atoms with van der Waals surface area (Å²) in [5.74, 6) is 0.0516. The van der Waals surface area contributed by atoms with Crippen LogP contribution in [0, 0.1) is 19.8 Å². The van der Waals surface area contributed by atoms with Crippen LogP contribution in [0.2, 0.25) is 0 Å². The van der Waals surface area contributed by atoms with Gasteiger partial charge in [0, 0.05) is 24.6 Å². The van der Waals surface area contributed by atoms with Crippen molar-refractivity contribution in [3.8, 4) is 0 Å². The predicted octanol–water partition coefficient (Wildman–Crippen LogP) is 0.340. The van der Waals surface area contributed by atoms with E-state index in [0.29, 0.717) is 12.4 Å². The number of carbonyl (C=O) groups excluding carboxylic acids is 1. The van der Waals surface area contributed by atoms with Gasteiger partial charge in [-0.15, -0.1) is 0 Å². The van der Waals surface area contributed by atoms with Gasteiger partial charge in [-0.3, -0.25) is 9.69 Å². The Morgan fingerprint density at radius 1 is 1.42 bits per heavy atom. The van der Waals surface area contributed by atoms with Gasteiger partial charge < -0.3 is 0 Å². The van der Waals surface area contributed by atoms with Gasteiger partial charge in [0.05, 0.1) is 5.75 Å². The first-order valence-electron chi connectivity index (χ1n) is 6.01. The van der Waals surface area contributed by atoms with E-state index in [1.54, 1.807) is 0 Å². The van der Waals surface area contributed by atoms with Gasteiger partial charge >= 0.3 is 0 Å². The highest BCUT2D eigenvalue weighted by molar-refractivity contribution is 7.89. The van der Waals surface area contributed by atoms with Gasteiger partial charge in [-0.25, -0.2) is 18.5 Å². The number of nitrogens with zero attached hydrogens (tertiary/aromatic N) is 2. The Balaban J connectivity index is 2.20. The molecule has 1 aliphatic heterocycles. The van der Waals surface area contributed by atoms with Crippen molar-refractivity contribution in [3.63, 3.8) is 0 Å². The second kappa shape index (κ2) is 4.90. The Morgan fingerprint density at radius 3 is 2.68 bits per heavy atom. The summed E-state index contributed by atoms with van der Waals surface area (Å²) in [5.41, 5.74) is 1.85. The molecule has 0 saturated carbocycles. The van der Waals surface area contributed by atoms with Crippen LogP contribution in [-0.4, -0.2) is 31.6 Å². The quantitative estimate of drug-likeness (QED) is 0.865. The molecule has 0 radical (unpaired) electrons. The van der Waals surface area contributed by atoms with Gasteiger partial charge in [-0.1, -0.05) is 0 Å². The minimum atomic E-state index is -3.55. The maximum absolute atomic E-state index is 11.9. The number of pyridine rings is 1. The standard InChI is InChI=1S/C12H17N3O3S/c1-8-3-9(2)14-11(4-8)15-6-10(5-12(15)16)7-19(13,17)18/h3-4,10H,5-7H2,1-2H3,(H2,13,17,18). The minimum absolute atomic E-state index is 0.105. The van der Waals surface area contributed by atoms with E-state index in [1.165, 1.54) is 4.90 Å². The number of rotatable bonds is 3. The van der Waals surface area contributed by atoms with Crippen molar-refractivity contribution in [3.05, 3.63) is 23.4 Å². The third-order valence-electron chi connectivity index (χ3n) is 3.03. The molecule has 1 atom stereocenters. The second-order valence-corrected chi connectivity index (χ2v) is 6.71. The van der Waals surface area contributed by atoms with Crippen LogP contribution in [0.25, 0.3) is 0 Å². The lowest BCUT2D eigenvalue weighted by Crippen LogP contribution is -2.28. The number of carbonyl (C=O) groups is 1. The van der Waals surface area contributed by atoms with Crippen LogP contribution in [0.5, 0.6) is 0 Å². The third-order valence-corrected chi connectivity index (χ3v) is 3.97. The molecule has 0 aliphatic carbocycles. The number of amides is 1. The predicted molar refractivity (Wildman–Crippen MR) is 72.1 cm³/mol. The maximum Gasteiger partial charge on any atom is 0.228 e. The van der Waals surface area contributed by atoms with Crippen LogP contribution in [0.15, 0.2) is 12.1 Å². The topological polar surface area (TPSA) is 93.4 Å². The molecule has 1 aromatic rings. The van der Waals surface area contributed by atoms with E-state index in [1.807, 2.05) is 26.0 Å². The first-order chi connectivity index (χ1) is 8.74. The largest absolute Gasteiger partial charge is 0.296 e. The van der Waals surface area contributed by atoms with E-state index in [9.17, 15) is 13.2 Å². The van der Waals surface area contributed by atoms with Gasteiger partial charge in [0.15, 0.2) is 0 Å². The molecule has 0 spiro atoms. The van der Waals surface area contributed by atoms with Crippen molar-refractivity contribution in [2.75, 3.05) is 17.2 Å². The van der Waals surface area contributed by atoms with Crippen molar-refractivity contribution in [2.24, 2.45) is 11.1 Å². The van der Waals surface area contributed by atoms with Crippen LogP contribution < -0.4 is 10.0 Å². The summed E-state index contributed by atoms with van der Waals surface area (Å²) in [4.78, 5) is 17.8. The molecule has 19 heavy (non-hydrogen) atoms. The van der Waals surface area contributed by atoms with E-state index in [0.717, 1.165) is 11.3 Å². The average molecular weight is 283 g/mol. The molecule has 104 valence electrons. The zero-order chi connectivity index (χ0) is 14.2. The van der Waals surface area contributed by atoms with Crippen LogP contribution in [0.4, 0.5) is 5.82 Å². The monoisotopic (exact) mass is 283 g/mol. The molecule has 1 aromatic heterocycles. The summed E-state index contributed by atoms with van der Waals surface area (Å²) in [6.45, 7) is 4.14. The van der Waals surface area contributed by atoms with Crippen LogP contribution in [0.1, 0.15) is 17.7 Å².